The second-order valence-electron chi connectivity index (χ2n) is 5.77. The summed E-state index contributed by atoms with van der Waals surface area (Å²) < 4.78 is 0. The van der Waals surface area contributed by atoms with Crippen LogP contribution in [0.3, 0.4) is 0 Å². The summed E-state index contributed by atoms with van der Waals surface area (Å²) in [6, 6.07) is 30.2. The first-order valence-corrected chi connectivity index (χ1v) is 8.20. The van der Waals surface area contributed by atoms with Crippen LogP contribution in [-0.4, -0.2) is 11.2 Å². The Morgan fingerprint density at radius 1 is 0.760 bits per heavy atom. The lowest BCUT2D eigenvalue weighted by Gasteiger charge is -2.19. The number of hydrazone groups is 1. The SMILES string of the molecule is N#Cc1ccc(/C=N\N(Cc2ccccc2)Cc2ccccc2)cc1. The van der Waals surface area contributed by atoms with Crippen LogP contribution in [-0.2, 0) is 13.1 Å². The first-order valence-electron chi connectivity index (χ1n) is 8.20. The summed E-state index contributed by atoms with van der Waals surface area (Å²) in [7, 11) is 0. The van der Waals surface area contributed by atoms with Crippen molar-refractivity contribution in [2.45, 2.75) is 13.1 Å². The Hall–Kier alpha value is -3.38. The fourth-order valence-corrected chi connectivity index (χ4v) is 2.52. The fraction of sp³-hybridized carbons (Fsp3) is 0.0909. The van der Waals surface area contributed by atoms with E-state index in [4.69, 9.17) is 5.26 Å². The molecule has 3 rings (SSSR count). The molecule has 3 heteroatoms. The smallest absolute Gasteiger partial charge is 0.0991 e. The quantitative estimate of drug-likeness (QED) is 0.491. The molecule has 0 amide bonds. The first kappa shape index (κ1) is 16.5. The Balaban J connectivity index is 1.77. The van der Waals surface area contributed by atoms with E-state index in [2.05, 4.69) is 35.4 Å². The standard InChI is InChI=1S/C22H19N3/c23-15-19-11-13-20(14-12-19)16-24-25(17-21-7-3-1-4-8-21)18-22-9-5-2-6-10-22/h1-14,16H,17-18H2/b24-16-. The molecular weight excluding hydrogens is 306 g/mol. The van der Waals surface area contributed by atoms with Crippen LogP contribution in [0.4, 0.5) is 0 Å². The predicted octanol–water partition coefficient (Wildman–Crippen LogP) is 4.59. The average Bonchev–Trinajstić information content (AvgIpc) is 2.68. The lowest BCUT2D eigenvalue weighted by Crippen LogP contribution is -2.17. The van der Waals surface area contributed by atoms with Gasteiger partial charge in [0.15, 0.2) is 0 Å². The Bertz CT molecular complexity index is 806. The van der Waals surface area contributed by atoms with Gasteiger partial charge in [0.2, 0.25) is 0 Å². The number of hydrogen-bond acceptors (Lipinski definition) is 3. The van der Waals surface area contributed by atoms with Crippen LogP contribution in [0.1, 0.15) is 22.3 Å². The predicted molar refractivity (Wildman–Crippen MR) is 101 cm³/mol. The van der Waals surface area contributed by atoms with Gasteiger partial charge < -0.3 is 0 Å². The van der Waals surface area contributed by atoms with Crippen LogP contribution in [0.2, 0.25) is 0 Å². The molecule has 0 aliphatic heterocycles. The zero-order valence-electron chi connectivity index (χ0n) is 13.9. The Morgan fingerprint density at radius 2 is 1.28 bits per heavy atom. The number of benzene rings is 3. The monoisotopic (exact) mass is 325 g/mol. The molecule has 25 heavy (non-hydrogen) atoms. The highest BCUT2D eigenvalue weighted by Gasteiger charge is 2.04. The van der Waals surface area contributed by atoms with Gasteiger partial charge >= 0.3 is 0 Å². The van der Waals surface area contributed by atoms with Crippen molar-refractivity contribution < 1.29 is 0 Å². The van der Waals surface area contributed by atoms with Gasteiger partial charge in [-0.05, 0) is 28.8 Å². The molecule has 3 aromatic rings. The minimum absolute atomic E-state index is 0.655. The minimum Gasteiger partial charge on any atom is -0.288 e. The van der Waals surface area contributed by atoms with Gasteiger partial charge in [-0.3, -0.25) is 5.01 Å². The van der Waals surface area contributed by atoms with Crippen molar-refractivity contribution in [2.24, 2.45) is 5.10 Å². The molecule has 122 valence electrons. The highest BCUT2D eigenvalue weighted by molar-refractivity contribution is 5.79. The average molecular weight is 325 g/mol. The van der Waals surface area contributed by atoms with E-state index in [0.29, 0.717) is 5.56 Å². The van der Waals surface area contributed by atoms with E-state index in [9.17, 15) is 0 Å². The highest BCUT2D eigenvalue weighted by Crippen LogP contribution is 2.11. The molecule has 3 aromatic carbocycles. The van der Waals surface area contributed by atoms with Gasteiger partial charge in [-0.2, -0.15) is 10.4 Å². The molecule has 0 spiro atoms. The van der Waals surface area contributed by atoms with E-state index < -0.39 is 0 Å². The topological polar surface area (TPSA) is 39.4 Å². The fourth-order valence-electron chi connectivity index (χ4n) is 2.52. The van der Waals surface area contributed by atoms with Gasteiger partial charge in [0.05, 0.1) is 30.9 Å². The summed E-state index contributed by atoms with van der Waals surface area (Å²) in [5.74, 6) is 0. The number of rotatable bonds is 6. The molecular formula is C22H19N3. The molecule has 3 nitrogen and oxygen atoms in total. The van der Waals surface area contributed by atoms with Crippen molar-refractivity contribution >= 4 is 6.21 Å². The molecule has 0 heterocycles. The van der Waals surface area contributed by atoms with Gasteiger partial charge in [0.25, 0.3) is 0 Å². The molecule has 0 aromatic heterocycles. The number of hydrogen-bond donors (Lipinski definition) is 0. The zero-order chi connectivity index (χ0) is 17.3. The van der Waals surface area contributed by atoms with Crippen LogP contribution in [0, 0.1) is 11.3 Å². The third-order valence-corrected chi connectivity index (χ3v) is 3.83. The third kappa shape index (κ3) is 5.05. The second-order valence-corrected chi connectivity index (χ2v) is 5.77. The van der Waals surface area contributed by atoms with E-state index in [1.54, 1.807) is 12.1 Å². The van der Waals surface area contributed by atoms with Gasteiger partial charge in [0, 0.05) is 0 Å². The van der Waals surface area contributed by atoms with E-state index in [-0.39, 0.29) is 0 Å². The van der Waals surface area contributed by atoms with Crippen LogP contribution in [0.5, 0.6) is 0 Å². The van der Waals surface area contributed by atoms with Gasteiger partial charge in [0.1, 0.15) is 0 Å². The summed E-state index contributed by atoms with van der Waals surface area (Å²) in [5, 5.41) is 15.6. The van der Waals surface area contributed by atoms with Crippen molar-refractivity contribution in [3.05, 3.63) is 107 Å². The molecule has 0 fully saturated rings. The molecule has 0 bridgehead atoms. The minimum atomic E-state index is 0.655. The summed E-state index contributed by atoms with van der Waals surface area (Å²) in [6.45, 7) is 1.48. The van der Waals surface area contributed by atoms with E-state index >= 15 is 0 Å². The molecule has 0 atom stereocenters. The van der Waals surface area contributed by atoms with Crippen molar-refractivity contribution in [3.8, 4) is 6.07 Å². The van der Waals surface area contributed by atoms with Crippen LogP contribution >= 0.6 is 0 Å². The largest absolute Gasteiger partial charge is 0.288 e. The Labute approximate surface area is 148 Å². The van der Waals surface area contributed by atoms with Crippen LogP contribution < -0.4 is 0 Å². The lowest BCUT2D eigenvalue weighted by molar-refractivity contribution is 0.272. The van der Waals surface area contributed by atoms with Crippen LogP contribution in [0.15, 0.2) is 90.0 Å². The first-order chi connectivity index (χ1) is 12.3. The van der Waals surface area contributed by atoms with Crippen LogP contribution in [0.25, 0.3) is 0 Å². The second kappa shape index (κ2) is 8.47. The summed E-state index contributed by atoms with van der Waals surface area (Å²) in [4.78, 5) is 0. The molecule has 0 radical (unpaired) electrons. The highest BCUT2D eigenvalue weighted by atomic mass is 15.4. The van der Waals surface area contributed by atoms with Crippen molar-refractivity contribution in [3.63, 3.8) is 0 Å². The number of nitrogens with zero attached hydrogens (tertiary/aromatic N) is 3. The summed E-state index contributed by atoms with van der Waals surface area (Å²) >= 11 is 0. The molecule has 0 saturated heterocycles. The van der Waals surface area contributed by atoms with E-state index in [0.717, 1.165) is 18.7 Å². The van der Waals surface area contributed by atoms with Crippen molar-refractivity contribution in [2.75, 3.05) is 0 Å². The molecule has 0 unspecified atom stereocenters. The van der Waals surface area contributed by atoms with E-state index in [1.807, 2.05) is 59.8 Å². The molecule has 0 saturated carbocycles. The molecule has 0 aliphatic carbocycles. The maximum atomic E-state index is 8.88. The molecule has 0 N–H and O–H groups in total. The summed E-state index contributed by atoms with van der Waals surface area (Å²) in [5.41, 5.74) is 4.07. The maximum Gasteiger partial charge on any atom is 0.0991 e. The summed E-state index contributed by atoms with van der Waals surface area (Å²) in [6.07, 6.45) is 1.84. The Morgan fingerprint density at radius 3 is 1.76 bits per heavy atom. The van der Waals surface area contributed by atoms with Gasteiger partial charge in [-0.25, -0.2) is 0 Å². The van der Waals surface area contributed by atoms with Crippen molar-refractivity contribution in [1.29, 1.82) is 5.26 Å². The normalized spacial score (nSPS) is 10.5. The zero-order valence-corrected chi connectivity index (χ0v) is 13.9. The maximum absolute atomic E-state index is 8.88. The third-order valence-electron chi connectivity index (χ3n) is 3.83. The van der Waals surface area contributed by atoms with Gasteiger partial charge in [-0.15, -0.1) is 0 Å². The molecule has 0 aliphatic rings. The van der Waals surface area contributed by atoms with Gasteiger partial charge in [-0.1, -0.05) is 72.8 Å². The van der Waals surface area contributed by atoms with Crippen molar-refractivity contribution in [1.82, 2.24) is 5.01 Å². The Kier molecular flexibility index (Phi) is 5.58. The van der Waals surface area contributed by atoms with E-state index in [1.165, 1.54) is 11.1 Å². The number of nitriles is 1. The lowest BCUT2D eigenvalue weighted by atomic mass is 10.2.